The molecule has 0 aliphatic carbocycles. The molecule has 0 amide bonds. The van der Waals surface area contributed by atoms with Crippen molar-refractivity contribution in [3.8, 4) is 11.4 Å². The highest BCUT2D eigenvalue weighted by Crippen LogP contribution is 2.31. The van der Waals surface area contributed by atoms with Crippen LogP contribution < -0.4 is 5.32 Å². The SMILES string of the molecule is CC(C)(C)C(CC(=O)O)Nc1nc(-c2c[nH]c3c(F)cc(F)cc23)ncc1F. The van der Waals surface area contributed by atoms with Crippen LogP contribution in [0.4, 0.5) is 19.0 Å². The standard InChI is InChI=1S/C19H19F3N4O2/c1-19(2,3)14(6-15(27)28)25-18-13(22)8-24-17(26-18)11-7-23-16-10(11)4-9(20)5-12(16)21/h4-5,7-8,14,23H,6H2,1-3H3,(H,27,28)(H,24,25,26). The number of halogens is 3. The molecule has 3 rings (SSSR count). The number of nitrogens with zero attached hydrogens (tertiary/aromatic N) is 2. The van der Waals surface area contributed by atoms with E-state index in [0.29, 0.717) is 5.56 Å². The van der Waals surface area contributed by atoms with E-state index < -0.39 is 34.9 Å². The number of aromatic nitrogens is 3. The van der Waals surface area contributed by atoms with E-state index in [9.17, 15) is 18.0 Å². The van der Waals surface area contributed by atoms with Gasteiger partial charge in [0.1, 0.15) is 11.6 Å². The fourth-order valence-corrected chi connectivity index (χ4v) is 2.85. The largest absolute Gasteiger partial charge is 0.481 e. The molecule has 6 nitrogen and oxygen atoms in total. The molecule has 9 heteroatoms. The summed E-state index contributed by atoms with van der Waals surface area (Å²) < 4.78 is 41.8. The number of hydrogen-bond donors (Lipinski definition) is 3. The second-order valence-electron chi connectivity index (χ2n) is 7.56. The minimum atomic E-state index is -1.04. The maximum atomic E-state index is 14.3. The minimum absolute atomic E-state index is 0.0446. The number of carboxylic acids is 1. The lowest BCUT2D eigenvalue weighted by atomic mass is 9.85. The number of fused-ring (bicyclic) bond motifs is 1. The van der Waals surface area contributed by atoms with Gasteiger partial charge in [0, 0.05) is 29.3 Å². The summed E-state index contributed by atoms with van der Waals surface area (Å²) in [6.07, 6.45) is 2.09. The molecule has 0 spiro atoms. The molecule has 2 aromatic heterocycles. The highest BCUT2D eigenvalue weighted by molar-refractivity contribution is 5.94. The van der Waals surface area contributed by atoms with Gasteiger partial charge in [-0.3, -0.25) is 4.79 Å². The van der Waals surface area contributed by atoms with Crippen LogP contribution in [0.25, 0.3) is 22.3 Å². The molecule has 0 saturated carbocycles. The predicted octanol–water partition coefficient (Wildman–Crippen LogP) is 4.34. The minimum Gasteiger partial charge on any atom is -0.481 e. The molecule has 0 saturated heterocycles. The second-order valence-corrected chi connectivity index (χ2v) is 7.56. The van der Waals surface area contributed by atoms with E-state index >= 15 is 0 Å². The molecule has 1 atom stereocenters. The van der Waals surface area contributed by atoms with Gasteiger partial charge in [-0.1, -0.05) is 20.8 Å². The first-order valence-corrected chi connectivity index (χ1v) is 8.53. The molecule has 1 unspecified atom stereocenters. The molecule has 0 bridgehead atoms. The second kappa shape index (κ2) is 7.14. The molecule has 148 valence electrons. The van der Waals surface area contributed by atoms with Gasteiger partial charge in [0.05, 0.1) is 18.1 Å². The van der Waals surface area contributed by atoms with Gasteiger partial charge in [0.15, 0.2) is 17.5 Å². The van der Waals surface area contributed by atoms with E-state index in [0.717, 1.165) is 18.3 Å². The summed E-state index contributed by atoms with van der Waals surface area (Å²) in [7, 11) is 0. The Labute approximate surface area is 158 Å². The summed E-state index contributed by atoms with van der Waals surface area (Å²) in [5.74, 6) is -3.47. The molecule has 0 aliphatic heterocycles. The molecule has 0 fully saturated rings. The normalized spacial score (nSPS) is 12.9. The van der Waals surface area contributed by atoms with Crippen LogP contribution in [-0.2, 0) is 4.79 Å². The van der Waals surface area contributed by atoms with Gasteiger partial charge < -0.3 is 15.4 Å². The maximum Gasteiger partial charge on any atom is 0.305 e. The first-order chi connectivity index (χ1) is 13.1. The lowest BCUT2D eigenvalue weighted by Gasteiger charge is -2.30. The third-order valence-corrected chi connectivity index (χ3v) is 4.43. The average Bonchev–Trinajstić information content (AvgIpc) is 2.99. The topological polar surface area (TPSA) is 90.9 Å². The quantitative estimate of drug-likeness (QED) is 0.601. The first-order valence-electron chi connectivity index (χ1n) is 8.53. The summed E-state index contributed by atoms with van der Waals surface area (Å²) in [6, 6.07) is 1.27. The Morgan fingerprint density at radius 1 is 1.25 bits per heavy atom. The maximum absolute atomic E-state index is 14.3. The van der Waals surface area contributed by atoms with Gasteiger partial charge in [-0.05, 0) is 11.5 Å². The number of nitrogens with one attached hydrogen (secondary N) is 2. The van der Waals surface area contributed by atoms with Crippen LogP contribution in [0.3, 0.4) is 0 Å². The number of aromatic amines is 1. The van der Waals surface area contributed by atoms with Crippen molar-refractivity contribution in [3.05, 3.63) is 42.0 Å². The van der Waals surface area contributed by atoms with Crippen LogP contribution in [0.2, 0.25) is 0 Å². The smallest absolute Gasteiger partial charge is 0.305 e. The van der Waals surface area contributed by atoms with E-state index in [1.807, 2.05) is 20.8 Å². The molecule has 2 heterocycles. The van der Waals surface area contributed by atoms with E-state index in [1.165, 1.54) is 6.20 Å². The van der Waals surface area contributed by atoms with E-state index in [4.69, 9.17) is 5.11 Å². The van der Waals surface area contributed by atoms with Crippen molar-refractivity contribution in [1.29, 1.82) is 0 Å². The van der Waals surface area contributed by atoms with Crippen molar-refractivity contribution in [2.45, 2.75) is 33.2 Å². The number of anilines is 1. The monoisotopic (exact) mass is 392 g/mol. The average molecular weight is 392 g/mol. The van der Waals surface area contributed by atoms with Gasteiger partial charge in [-0.25, -0.2) is 23.1 Å². The molecule has 3 N–H and O–H groups in total. The van der Waals surface area contributed by atoms with Crippen LogP contribution in [0.1, 0.15) is 27.2 Å². The summed E-state index contributed by atoms with van der Waals surface area (Å²) in [4.78, 5) is 21.9. The number of carboxylic acid groups (broad SMARTS) is 1. The van der Waals surface area contributed by atoms with E-state index in [1.54, 1.807) is 0 Å². The fourth-order valence-electron chi connectivity index (χ4n) is 2.85. The zero-order valence-corrected chi connectivity index (χ0v) is 15.5. The van der Waals surface area contributed by atoms with Crippen LogP contribution in [0.15, 0.2) is 24.5 Å². The number of hydrogen-bond acceptors (Lipinski definition) is 4. The van der Waals surface area contributed by atoms with Gasteiger partial charge in [0.25, 0.3) is 0 Å². The fraction of sp³-hybridized carbons (Fsp3) is 0.316. The van der Waals surface area contributed by atoms with Crippen LogP contribution >= 0.6 is 0 Å². The van der Waals surface area contributed by atoms with Gasteiger partial charge in [-0.2, -0.15) is 0 Å². The number of H-pyrrole nitrogens is 1. The summed E-state index contributed by atoms with van der Waals surface area (Å²) >= 11 is 0. The molecule has 0 aliphatic rings. The lowest BCUT2D eigenvalue weighted by molar-refractivity contribution is -0.137. The van der Waals surface area contributed by atoms with E-state index in [2.05, 4.69) is 20.3 Å². The lowest BCUT2D eigenvalue weighted by Crippen LogP contribution is -2.36. The zero-order chi connectivity index (χ0) is 20.6. The summed E-state index contributed by atoms with van der Waals surface area (Å²) in [5.41, 5.74) is -0.123. The zero-order valence-electron chi connectivity index (χ0n) is 15.5. The number of aliphatic carboxylic acids is 1. The van der Waals surface area contributed by atoms with Crippen molar-refractivity contribution in [3.63, 3.8) is 0 Å². The van der Waals surface area contributed by atoms with Gasteiger partial charge >= 0.3 is 5.97 Å². The first kappa shape index (κ1) is 19.7. The Balaban J connectivity index is 2.04. The Morgan fingerprint density at radius 3 is 2.61 bits per heavy atom. The van der Waals surface area contributed by atoms with Crippen LogP contribution in [0, 0.1) is 22.9 Å². The number of benzene rings is 1. The molecular weight excluding hydrogens is 373 g/mol. The Kier molecular flexibility index (Phi) is 5.01. The van der Waals surface area contributed by atoms with E-state index in [-0.39, 0.29) is 29.0 Å². The third kappa shape index (κ3) is 3.92. The third-order valence-electron chi connectivity index (χ3n) is 4.43. The predicted molar refractivity (Wildman–Crippen MR) is 98.3 cm³/mol. The van der Waals surface area contributed by atoms with Crippen molar-refractivity contribution in [2.24, 2.45) is 5.41 Å². The summed E-state index contributed by atoms with van der Waals surface area (Å²) in [6.45, 7) is 5.45. The molecule has 3 aromatic rings. The Bertz CT molecular complexity index is 1040. The molecule has 28 heavy (non-hydrogen) atoms. The van der Waals surface area contributed by atoms with Crippen molar-refractivity contribution in [2.75, 3.05) is 5.32 Å². The molecule has 1 aromatic carbocycles. The summed E-state index contributed by atoms with van der Waals surface area (Å²) in [5, 5.41) is 12.2. The molecule has 0 radical (unpaired) electrons. The number of carbonyl (C=O) groups is 1. The van der Waals surface area contributed by atoms with Crippen molar-refractivity contribution < 1.29 is 23.1 Å². The highest BCUT2D eigenvalue weighted by atomic mass is 19.1. The van der Waals surface area contributed by atoms with Crippen molar-refractivity contribution in [1.82, 2.24) is 15.0 Å². The molecular formula is C19H19F3N4O2. The van der Waals surface area contributed by atoms with Crippen LogP contribution in [0.5, 0.6) is 0 Å². The Morgan fingerprint density at radius 2 is 1.96 bits per heavy atom. The van der Waals surface area contributed by atoms with Gasteiger partial charge in [0.2, 0.25) is 0 Å². The van der Waals surface area contributed by atoms with Crippen molar-refractivity contribution >= 4 is 22.7 Å². The highest BCUT2D eigenvalue weighted by Gasteiger charge is 2.28. The number of rotatable bonds is 5. The van der Waals surface area contributed by atoms with Crippen LogP contribution in [-0.4, -0.2) is 32.1 Å². The Hall–Kier alpha value is -3.10. The van der Waals surface area contributed by atoms with Gasteiger partial charge in [-0.15, -0.1) is 0 Å².